The predicted molar refractivity (Wildman–Crippen MR) is 105 cm³/mol. The molecule has 0 bridgehead atoms. The molecule has 1 aromatic carbocycles. The minimum Gasteiger partial charge on any atom is -0.497 e. The highest BCUT2D eigenvalue weighted by molar-refractivity contribution is 7.99. The Bertz CT molecular complexity index is 531. The maximum absolute atomic E-state index is 12.4. The first kappa shape index (κ1) is 20.1. The van der Waals surface area contributed by atoms with E-state index < -0.39 is 0 Å². The van der Waals surface area contributed by atoms with E-state index in [1.807, 2.05) is 23.9 Å². The van der Waals surface area contributed by atoms with Crippen LogP contribution in [0.4, 0.5) is 0 Å². The summed E-state index contributed by atoms with van der Waals surface area (Å²) in [4.78, 5) is 14.7. The Balaban J connectivity index is 1.99. The van der Waals surface area contributed by atoms with Crippen molar-refractivity contribution in [2.24, 2.45) is 0 Å². The summed E-state index contributed by atoms with van der Waals surface area (Å²) in [6.07, 6.45) is 0.552. The summed E-state index contributed by atoms with van der Waals surface area (Å²) in [6, 6.07) is 8.58. The van der Waals surface area contributed by atoms with Crippen LogP contribution in [0.2, 0.25) is 0 Å². The average Bonchev–Trinajstić information content (AvgIpc) is 2.66. The van der Waals surface area contributed by atoms with Gasteiger partial charge < -0.3 is 15.4 Å². The zero-order valence-corrected chi connectivity index (χ0v) is 16.4. The van der Waals surface area contributed by atoms with E-state index in [0.717, 1.165) is 36.9 Å². The van der Waals surface area contributed by atoms with Gasteiger partial charge in [0.05, 0.1) is 13.2 Å². The van der Waals surface area contributed by atoms with Crippen molar-refractivity contribution in [3.63, 3.8) is 0 Å². The molecule has 2 rings (SSSR count). The van der Waals surface area contributed by atoms with Gasteiger partial charge in [0.15, 0.2) is 0 Å². The number of amides is 1. The van der Waals surface area contributed by atoms with Crippen LogP contribution >= 0.6 is 11.8 Å². The lowest BCUT2D eigenvalue weighted by molar-refractivity contribution is -0.121. The molecule has 2 atom stereocenters. The molecule has 1 aliphatic rings. The Morgan fingerprint density at radius 2 is 2.24 bits per heavy atom. The number of hydrogen-bond donors (Lipinski definition) is 2. The van der Waals surface area contributed by atoms with Crippen LogP contribution in [0, 0.1) is 0 Å². The van der Waals surface area contributed by atoms with Crippen molar-refractivity contribution in [2.45, 2.75) is 32.4 Å². The molecule has 2 N–H and O–H groups in total. The molecule has 1 heterocycles. The first-order valence-corrected chi connectivity index (χ1v) is 10.3. The molecule has 1 aromatic rings. The van der Waals surface area contributed by atoms with E-state index in [1.165, 1.54) is 5.56 Å². The zero-order valence-electron chi connectivity index (χ0n) is 15.6. The molecule has 0 saturated carbocycles. The van der Waals surface area contributed by atoms with Crippen LogP contribution < -0.4 is 15.4 Å². The van der Waals surface area contributed by atoms with Crippen LogP contribution in [-0.4, -0.2) is 61.6 Å². The van der Waals surface area contributed by atoms with Crippen molar-refractivity contribution in [1.82, 2.24) is 15.5 Å². The number of ether oxygens (including phenoxy) is 1. The fourth-order valence-corrected chi connectivity index (χ4v) is 4.18. The number of carbonyl (C=O) groups excluding carboxylic acids is 1. The Kier molecular flexibility index (Phi) is 8.58. The number of benzene rings is 1. The molecule has 140 valence electrons. The average molecular weight is 366 g/mol. The van der Waals surface area contributed by atoms with E-state index in [-0.39, 0.29) is 11.9 Å². The van der Waals surface area contributed by atoms with Crippen molar-refractivity contribution in [1.29, 1.82) is 0 Å². The van der Waals surface area contributed by atoms with Gasteiger partial charge in [-0.15, -0.1) is 0 Å². The van der Waals surface area contributed by atoms with Gasteiger partial charge >= 0.3 is 0 Å². The summed E-state index contributed by atoms with van der Waals surface area (Å²) in [5.74, 6) is 3.13. The number of nitrogens with one attached hydrogen (secondary N) is 2. The lowest BCUT2D eigenvalue weighted by Gasteiger charge is -2.31. The quantitative estimate of drug-likeness (QED) is 0.703. The van der Waals surface area contributed by atoms with Gasteiger partial charge in [-0.2, -0.15) is 11.8 Å². The number of thioether (sulfide) groups is 1. The van der Waals surface area contributed by atoms with Crippen LogP contribution in [0.3, 0.4) is 0 Å². The van der Waals surface area contributed by atoms with Crippen molar-refractivity contribution in [2.75, 3.05) is 44.8 Å². The summed E-state index contributed by atoms with van der Waals surface area (Å²) in [6.45, 7) is 7.80. The predicted octanol–water partition coefficient (Wildman–Crippen LogP) is 2.29. The first-order valence-electron chi connectivity index (χ1n) is 9.13. The number of methoxy groups -OCH3 is 1. The molecular weight excluding hydrogens is 334 g/mol. The number of carbonyl (C=O) groups is 1. The molecule has 0 aliphatic carbocycles. The standard InChI is InChI=1S/C19H31N3O2S/c1-4-22(5-2)18(15-7-6-8-17(11-15)24-3)13-21-19(23)12-16-14-25-10-9-20-16/h6-8,11,16,18,20H,4-5,9-10,12-14H2,1-3H3,(H,21,23). The van der Waals surface area contributed by atoms with E-state index in [0.29, 0.717) is 19.0 Å². The fourth-order valence-electron chi connectivity index (χ4n) is 3.23. The van der Waals surface area contributed by atoms with Gasteiger partial charge in [0.2, 0.25) is 5.91 Å². The number of likely N-dealkylation sites (N-methyl/N-ethyl adjacent to an activating group) is 1. The first-order chi connectivity index (χ1) is 12.2. The van der Waals surface area contributed by atoms with Crippen LogP contribution in [0.25, 0.3) is 0 Å². The molecule has 6 heteroatoms. The van der Waals surface area contributed by atoms with Gasteiger partial charge in [-0.05, 0) is 30.8 Å². The highest BCUT2D eigenvalue weighted by Crippen LogP contribution is 2.24. The second kappa shape index (κ2) is 10.7. The molecule has 2 unspecified atom stereocenters. The highest BCUT2D eigenvalue weighted by Gasteiger charge is 2.21. The van der Waals surface area contributed by atoms with Gasteiger partial charge in [0.25, 0.3) is 0 Å². The van der Waals surface area contributed by atoms with Crippen LogP contribution in [0.15, 0.2) is 24.3 Å². The molecule has 0 aromatic heterocycles. The van der Waals surface area contributed by atoms with E-state index in [4.69, 9.17) is 4.74 Å². The van der Waals surface area contributed by atoms with E-state index in [1.54, 1.807) is 7.11 Å². The molecule has 0 spiro atoms. The van der Waals surface area contributed by atoms with Crippen molar-refractivity contribution >= 4 is 17.7 Å². The van der Waals surface area contributed by atoms with E-state index in [2.05, 4.69) is 41.5 Å². The maximum atomic E-state index is 12.4. The molecule has 0 radical (unpaired) electrons. The lowest BCUT2D eigenvalue weighted by Crippen LogP contribution is -2.43. The molecule has 25 heavy (non-hydrogen) atoms. The van der Waals surface area contributed by atoms with Crippen LogP contribution in [0.1, 0.15) is 31.9 Å². The summed E-state index contributed by atoms with van der Waals surface area (Å²) < 4.78 is 5.36. The third-order valence-electron chi connectivity index (χ3n) is 4.65. The van der Waals surface area contributed by atoms with E-state index >= 15 is 0 Å². The lowest BCUT2D eigenvalue weighted by atomic mass is 10.0. The second-order valence-corrected chi connectivity index (χ2v) is 7.40. The molecule has 1 aliphatic heterocycles. The largest absolute Gasteiger partial charge is 0.497 e. The van der Waals surface area contributed by atoms with Gasteiger partial charge in [-0.1, -0.05) is 26.0 Å². The normalized spacial score (nSPS) is 18.8. The van der Waals surface area contributed by atoms with Gasteiger partial charge in [-0.25, -0.2) is 0 Å². The van der Waals surface area contributed by atoms with Gasteiger partial charge in [-0.3, -0.25) is 9.69 Å². The molecular formula is C19H31N3O2S. The molecule has 1 saturated heterocycles. The third-order valence-corrected chi connectivity index (χ3v) is 5.79. The SMILES string of the molecule is CCN(CC)C(CNC(=O)CC1CSCCN1)c1cccc(OC)c1. The summed E-state index contributed by atoms with van der Waals surface area (Å²) in [7, 11) is 1.68. The smallest absolute Gasteiger partial charge is 0.221 e. The minimum atomic E-state index is 0.125. The summed E-state index contributed by atoms with van der Waals surface area (Å²) >= 11 is 1.92. The third kappa shape index (κ3) is 6.20. The number of nitrogens with zero attached hydrogens (tertiary/aromatic N) is 1. The summed E-state index contributed by atoms with van der Waals surface area (Å²) in [5, 5.41) is 6.57. The topological polar surface area (TPSA) is 53.6 Å². The Hall–Kier alpha value is -1.24. The molecule has 5 nitrogen and oxygen atoms in total. The highest BCUT2D eigenvalue weighted by atomic mass is 32.2. The Morgan fingerprint density at radius 1 is 1.44 bits per heavy atom. The van der Waals surface area contributed by atoms with Gasteiger partial charge in [0.1, 0.15) is 5.75 Å². The number of hydrogen-bond acceptors (Lipinski definition) is 5. The maximum Gasteiger partial charge on any atom is 0.221 e. The zero-order chi connectivity index (χ0) is 18.1. The van der Waals surface area contributed by atoms with Crippen LogP contribution in [-0.2, 0) is 4.79 Å². The minimum absolute atomic E-state index is 0.125. The second-order valence-electron chi connectivity index (χ2n) is 6.25. The van der Waals surface area contributed by atoms with Crippen LogP contribution in [0.5, 0.6) is 5.75 Å². The van der Waals surface area contributed by atoms with Crippen molar-refractivity contribution < 1.29 is 9.53 Å². The molecule has 1 amide bonds. The Morgan fingerprint density at radius 3 is 2.88 bits per heavy atom. The Labute approximate surface area is 155 Å². The molecule has 1 fully saturated rings. The van der Waals surface area contributed by atoms with E-state index in [9.17, 15) is 4.79 Å². The van der Waals surface area contributed by atoms with Gasteiger partial charge in [0, 0.05) is 37.1 Å². The monoisotopic (exact) mass is 365 g/mol. The van der Waals surface area contributed by atoms with Crippen molar-refractivity contribution in [3.8, 4) is 5.75 Å². The van der Waals surface area contributed by atoms with Crippen molar-refractivity contribution in [3.05, 3.63) is 29.8 Å². The fraction of sp³-hybridized carbons (Fsp3) is 0.632. The number of rotatable bonds is 9. The summed E-state index contributed by atoms with van der Waals surface area (Å²) in [5.41, 5.74) is 1.18.